The molecule has 1 aliphatic rings. The summed E-state index contributed by atoms with van der Waals surface area (Å²) in [4.78, 5) is 13.2. The minimum Gasteiger partial charge on any atom is -0.494 e. The fourth-order valence-corrected chi connectivity index (χ4v) is 2.93. The Morgan fingerprint density at radius 1 is 1.29 bits per heavy atom. The highest BCUT2D eigenvalue weighted by molar-refractivity contribution is 5.77. The third kappa shape index (κ3) is 4.87. The van der Waals surface area contributed by atoms with Crippen LogP contribution in [0, 0.1) is 0 Å². The van der Waals surface area contributed by atoms with Gasteiger partial charge in [-0.05, 0) is 43.9 Å². The van der Waals surface area contributed by atoms with Crippen LogP contribution in [0.2, 0.25) is 0 Å². The van der Waals surface area contributed by atoms with Crippen molar-refractivity contribution in [1.82, 2.24) is 4.90 Å². The molecule has 2 N–H and O–H groups in total. The molecule has 134 valence electrons. The highest BCUT2D eigenvalue weighted by Gasteiger charge is 2.47. The van der Waals surface area contributed by atoms with Gasteiger partial charge in [0.25, 0.3) is 0 Å². The predicted molar refractivity (Wildman–Crippen MR) is 84.7 cm³/mol. The molecule has 1 amide bonds. The van der Waals surface area contributed by atoms with Crippen molar-refractivity contribution in [2.45, 2.75) is 50.9 Å². The Hall–Kier alpha value is -1.76. The average molecular weight is 344 g/mol. The SMILES string of the molecule is CCOc1ccc(CCC(=O)N2C[C@@H](N)CC[C@H]2C(F)(F)F)cc1. The number of halogens is 3. The van der Waals surface area contributed by atoms with Gasteiger partial charge in [-0.2, -0.15) is 13.2 Å². The van der Waals surface area contributed by atoms with E-state index in [-0.39, 0.29) is 25.8 Å². The summed E-state index contributed by atoms with van der Waals surface area (Å²) in [6.45, 7) is 2.41. The summed E-state index contributed by atoms with van der Waals surface area (Å²) in [6.07, 6.45) is -3.82. The molecular formula is C17H23F3N2O2. The number of carbonyl (C=O) groups is 1. The van der Waals surface area contributed by atoms with Crippen molar-refractivity contribution in [2.24, 2.45) is 5.73 Å². The number of alkyl halides is 3. The van der Waals surface area contributed by atoms with Gasteiger partial charge in [0.2, 0.25) is 5.91 Å². The molecule has 24 heavy (non-hydrogen) atoms. The maximum absolute atomic E-state index is 13.1. The van der Waals surface area contributed by atoms with Crippen LogP contribution >= 0.6 is 0 Å². The van der Waals surface area contributed by atoms with Gasteiger partial charge < -0.3 is 15.4 Å². The van der Waals surface area contributed by atoms with E-state index in [0.29, 0.717) is 13.0 Å². The van der Waals surface area contributed by atoms with Gasteiger partial charge in [-0.15, -0.1) is 0 Å². The van der Waals surface area contributed by atoms with Gasteiger partial charge in [0.1, 0.15) is 11.8 Å². The van der Waals surface area contributed by atoms with Gasteiger partial charge in [-0.3, -0.25) is 4.79 Å². The third-order valence-corrected chi connectivity index (χ3v) is 4.18. The summed E-state index contributed by atoms with van der Waals surface area (Å²) >= 11 is 0. The Morgan fingerprint density at radius 2 is 1.96 bits per heavy atom. The first-order valence-corrected chi connectivity index (χ1v) is 8.14. The first kappa shape index (κ1) is 18.6. The van der Waals surface area contributed by atoms with E-state index in [4.69, 9.17) is 10.5 Å². The highest BCUT2D eigenvalue weighted by Crippen LogP contribution is 2.32. The second-order valence-corrected chi connectivity index (χ2v) is 6.02. The largest absolute Gasteiger partial charge is 0.494 e. The number of hydrogen-bond donors (Lipinski definition) is 1. The van der Waals surface area contributed by atoms with Crippen molar-refractivity contribution in [3.8, 4) is 5.75 Å². The molecule has 0 bridgehead atoms. The van der Waals surface area contributed by atoms with Crippen LogP contribution in [0.25, 0.3) is 0 Å². The Kier molecular flexibility index (Phi) is 6.10. The molecule has 1 aromatic carbocycles. The Labute approximate surface area is 139 Å². The number of ether oxygens (including phenoxy) is 1. The molecule has 1 aliphatic heterocycles. The lowest BCUT2D eigenvalue weighted by molar-refractivity contribution is -0.196. The number of piperidine rings is 1. The van der Waals surface area contributed by atoms with Crippen LogP contribution in [-0.2, 0) is 11.2 Å². The zero-order chi connectivity index (χ0) is 17.7. The zero-order valence-corrected chi connectivity index (χ0v) is 13.7. The number of likely N-dealkylation sites (tertiary alicyclic amines) is 1. The summed E-state index contributed by atoms with van der Waals surface area (Å²) in [5.41, 5.74) is 6.63. The molecule has 1 fully saturated rings. The predicted octanol–water partition coefficient (Wildman–Crippen LogP) is 2.90. The lowest BCUT2D eigenvalue weighted by atomic mass is 9.97. The van der Waals surface area contributed by atoms with E-state index in [2.05, 4.69) is 0 Å². The molecule has 1 aromatic rings. The lowest BCUT2D eigenvalue weighted by Crippen LogP contribution is -2.56. The van der Waals surface area contributed by atoms with E-state index >= 15 is 0 Å². The highest BCUT2D eigenvalue weighted by atomic mass is 19.4. The summed E-state index contributed by atoms with van der Waals surface area (Å²) < 4.78 is 44.7. The maximum atomic E-state index is 13.1. The number of benzene rings is 1. The van der Waals surface area contributed by atoms with E-state index < -0.39 is 24.2 Å². The average Bonchev–Trinajstić information content (AvgIpc) is 2.53. The third-order valence-electron chi connectivity index (χ3n) is 4.18. The monoisotopic (exact) mass is 344 g/mol. The maximum Gasteiger partial charge on any atom is 0.408 e. The van der Waals surface area contributed by atoms with Crippen molar-refractivity contribution >= 4 is 5.91 Å². The molecule has 0 aromatic heterocycles. The molecule has 1 heterocycles. The quantitative estimate of drug-likeness (QED) is 0.894. The number of aryl methyl sites for hydroxylation is 1. The van der Waals surface area contributed by atoms with Crippen LogP contribution in [0.3, 0.4) is 0 Å². The standard InChI is InChI=1S/C17H23F3N2O2/c1-2-24-14-7-3-12(4-8-14)5-10-16(23)22-11-13(21)6-9-15(22)17(18,19)20/h3-4,7-8,13,15H,2,5-6,9-11,21H2,1H3/t13-,15-/m0/s1. The topological polar surface area (TPSA) is 55.6 Å². The summed E-state index contributed by atoms with van der Waals surface area (Å²) in [6, 6.07) is 5.11. The van der Waals surface area contributed by atoms with Crippen molar-refractivity contribution < 1.29 is 22.7 Å². The van der Waals surface area contributed by atoms with E-state index in [0.717, 1.165) is 16.2 Å². The van der Waals surface area contributed by atoms with Crippen LogP contribution in [0.15, 0.2) is 24.3 Å². The smallest absolute Gasteiger partial charge is 0.408 e. The summed E-state index contributed by atoms with van der Waals surface area (Å²) in [5, 5.41) is 0. The van der Waals surface area contributed by atoms with Crippen molar-refractivity contribution in [2.75, 3.05) is 13.2 Å². The van der Waals surface area contributed by atoms with E-state index in [1.54, 1.807) is 12.1 Å². The van der Waals surface area contributed by atoms with Crippen LogP contribution in [0.4, 0.5) is 13.2 Å². The molecule has 2 atom stereocenters. The van der Waals surface area contributed by atoms with Gasteiger partial charge in [0, 0.05) is 19.0 Å². The molecule has 7 heteroatoms. The second kappa shape index (κ2) is 7.88. The number of nitrogens with two attached hydrogens (primary N) is 1. The molecule has 1 saturated heterocycles. The Morgan fingerprint density at radius 3 is 2.54 bits per heavy atom. The van der Waals surface area contributed by atoms with Crippen LogP contribution < -0.4 is 10.5 Å². The minimum absolute atomic E-state index is 0.0350. The fourth-order valence-electron chi connectivity index (χ4n) is 2.93. The van der Waals surface area contributed by atoms with Gasteiger partial charge in [-0.1, -0.05) is 12.1 Å². The zero-order valence-electron chi connectivity index (χ0n) is 13.7. The molecule has 0 aliphatic carbocycles. The Bertz CT molecular complexity index is 546. The minimum atomic E-state index is -4.41. The van der Waals surface area contributed by atoms with Gasteiger partial charge in [-0.25, -0.2) is 0 Å². The first-order valence-electron chi connectivity index (χ1n) is 8.14. The molecule has 0 unspecified atom stereocenters. The van der Waals surface area contributed by atoms with Crippen LogP contribution in [0.1, 0.15) is 31.7 Å². The van der Waals surface area contributed by atoms with Crippen LogP contribution in [0.5, 0.6) is 5.75 Å². The summed E-state index contributed by atoms with van der Waals surface area (Å²) in [5.74, 6) is 0.230. The lowest BCUT2D eigenvalue weighted by Gasteiger charge is -2.39. The molecule has 0 radical (unpaired) electrons. The number of rotatable bonds is 5. The summed E-state index contributed by atoms with van der Waals surface area (Å²) in [7, 11) is 0. The second-order valence-electron chi connectivity index (χ2n) is 6.02. The first-order chi connectivity index (χ1) is 11.3. The number of carbonyl (C=O) groups excluding carboxylic acids is 1. The number of hydrogen-bond acceptors (Lipinski definition) is 3. The number of nitrogens with zero attached hydrogens (tertiary/aromatic N) is 1. The molecule has 0 saturated carbocycles. The van der Waals surface area contributed by atoms with E-state index in [1.165, 1.54) is 0 Å². The van der Waals surface area contributed by atoms with Gasteiger partial charge >= 0.3 is 6.18 Å². The normalized spacial score (nSPS) is 21.6. The van der Waals surface area contributed by atoms with Crippen molar-refractivity contribution in [3.05, 3.63) is 29.8 Å². The fraction of sp³-hybridized carbons (Fsp3) is 0.588. The Balaban J connectivity index is 1.96. The molecule has 0 spiro atoms. The van der Waals surface area contributed by atoms with Crippen molar-refractivity contribution in [1.29, 1.82) is 0 Å². The van der Waals surface area contributed by atoms with E-state index in [9.17, 15) is 18.0 Å². The van der Waals surface area contributed by atoms with Gasteiger partial charge in [0.05, 0.1) is 6.61 Å². The number of amides is 1. The molecule has 2 rings (SSSR count). The van der Waals surface area contributed by atoms with Crippen LogP contribution in [-0.4, -0.2) is 42.2 Å². The molecular weight excluding hydrogens is 321 g/mol. The van der Waals surface area contributed by atoms with Crippen molar-refractivity contribution in [3.63, 3.8) is 0 Å². The molecule has 4 nitrogen and oxygen atoms in total. The van der Waals surface area contributed by atoms with E-state index in [1.807, 2.05) is 19.1 Å². The van der Waals surface area contributed by atoms with Gasteiger partial charge in [0.15, 0.2) is 0 Å².